The summed E-state index contributed by atoms with van der Waals surface area (Å²) in [6.07, 6.45) is 0. The highest BCUT2D eigenvalue weighted by Crippen LogP contribution is 2.33. The van der Waals surface area contributed by atoms with Crippen molar-refractivity contribution in [2.75, 3.05) is 11.9 Å². The molecule has 0 aliphatic rings. The highest BCUT2D eigenvalue weighted by atomic mass is 79.9. The van der Waals surface area contributed by atoms with Crippen LogP contribution in [-0.4, -0.2) is 17.5 Å². The second-order valence-electron chi connectivity index (χ2n) is 7.06. The van der Waals surface area contributed by atoms with Gasteiger partial charge in [0, 0.05) is 14.9 Å². The van der Waals surface area contributed by atoms with E-state index in [1.807, 2.05) is 26.0 Å². The average Bonchev–Trinajstić information content (AvgIpc) is 3.02. The molecule has 1 amide bonds. The topological polar surface area (TPSA) is 51.2 Å². The number of halogens is 2. The fourth-order valence-corrected chi connectivity index (χ4v) is 4.08. The van der Waals surface area contributed by atoms with E-state index in [1.165, 1.54) is 23.5 Å². The number of hydrogen-bond acceptors (Lipinski definition) is 4. The average molecular weight is 477 g/mol. The maximum atomic E-state index is 13.1. The second-order valence-corrected chi connectivity index (χ2v) is 9.12. The molecule has 0 bridgehead atoms. The predicted molar refractivity (Wildman–Crippen MR) is 119 cm³/mol. The van der Waals surface area contributed by atoms with E-state index in [4.69, 9.17) is 4.74 Å². The molecule has 152 valence electrons. The van der Waals surface area contributed by atoms with Gasteiger partial charge < -0.3 is 4.74 Å². The van der Waals surface area contributed by atoms with Crippen molar-refractivity contribution in [1.29, 1.82) is 0 Å². The Morgan fingerprint density at radius 3 is 2.59 bits per heavy atom. The quantitative estimate of drug-likeness (QED) is 0.443. The Morgan fingerprint density at radius 1 is 1.24 bits per heavy atom. The summed E-state index contributed by atoms with van der Waals surface area (Å²) in [5.74, 6) is 0.402. The molecule has 7 heteroatoms. The summed E-state index contributed by atoms with van der Waals surface area (Å²) in [6, 6.07) is 10.1. The molecule has 0 saturated heterocycles. The molecule has 0 spiro atoms. The molecule has 0 unspecified atom stereocenters. The summed E-state index contributed by atoms with van der Waals surface area (Å²) in [5, 5.41) is 3.28. The van der Waals surface area contributed by atoms with Gasteiger partial charge in [-0.3, -0.25) is 10.1 Å². The zero-order valence-electron chi connectivity index (χ0n) is 16.7. The van der Waals surface area contributed by atoms with E-state index in [2.05, 4.69) is 40.1 Å². The molecule has 3 rings (SSSR count). The number of aromatic nitrogens is 1. The van der Waals surface area contributed by atoms with Gasteiger partial charge in [0.15, 0.2) is 11.7 Å². The lowest BCUT2D eigenvalue weighted by atomic mass is 10.0. The van der Waals surface area contributed by atoms with Crippen LogP contribution in [0.1, 0.15) is 35.8 Å². The molecular formula is C22H22BrFN2O2S. The van der Waals surface area contributed by atoms with Crippen LogP contribution in [0.15, 0.2) is 40.9 Å². The van der Waals surface area contributed by atoms with Gasteiger partial charge >= 0.3 is 0 Å². The first-order chi connectivity index (χ1) is 13.7. The van der Waals surface area contributed by atoms with E-state index < -0.39 is 0 Å². The van der Waals surface area contributed by atoms with Gasteiger partial charge in [-0.15, -0.1) is 11.3 Å². The minimum Gasteiger partial charge on any atom is -0.483 e. The number of thiazole rings is 1. The van der Waals surface area contributed by atoms with Crippen molar-refractivity contribution in [1.82, 2.24) is 4.98 Å². The number of ether oxygens (including phenoxy) is 1. The molecule has 29 heavy (non-hydrogen) atoms. The molecule has 0 atom stereocenters. The molecule has 1 aromatic heterocycles. The number of aryl methyl sites for hydroxylation is 2. The minimum atomic E-state index is -0.295. The van der Waals surface area contributed by atoms with Crippen LogP contribution in [-0.2, 0) is 4.79 Å². The summed E-state index contributed by atoms with van der Waals surface area (Å²) in [4.78, 5) is 17.8. The number of nitrogens with one attached hydrogen (secondary N) is 1. The number of rotatable bonds is 6. The van der Waals surface area contributed by atoms with Gasteiger partial charge in [0.05, 0.1) is 5.69 Å². The van der Waals surface area contributed by atoms with Crippen LogP contribution in [0.3, 0.4) is 0 Å². The van der Waals surface area contributed by atoms with Gasteiger partial charge in [0.2, 0.25) is 0 Å². The largest absolute Gasteiger partial charge is 0.483 e. The SMILES string of the molecule is Cc1cc(OCC(=O)Nc2nc(-c3ccc(F)cc3)c(C)s2)c(C(C)C)cc1Br. The summed E-state index contributed by atoms with van der Waals surface area (Å²) < 4.78 is 20.0. The van der Waals surface area contributed by atoms with Gasteiger partial charge in [-0.1, -0.05) is 29.8 Å². The molecule has 2 aromatic carbocycles. The van der Waals surface area contributed by atoms with E-state index in [-0.39, 0.29) is 24.2 Å². The first kappa shape index (κ1) is 21.5. The third kappa shape index (κ3) is 5.22. The maximum Gasteiger partial charge on any atom is 0.264 e. The van der Waals surface area contributed by atoms with E-state index in [9.17, 15) is 9.18 Å². The number of anilines is 1. The summed E-state index contributed by atoms with van der Waals surface area (Å²) in [6.45, 7) is 7.96. The molecule has 0 aliphatic heterocycles. The Balaban J connectivity index is 1.69. The number of nitrogens with zero attached hydrogens (tertiary/aromatic N) is 1. The molecule has 0 radical (unpaired) electrons. The molecule has 1 heterocycles. The fourth-order valence-electron chi connectivity index (χ4n) is 2.87. The fraction of sp³-hybridized carbons (Fsp3) is 0.273. The molecule has 1 N–H and O–H groups in total. The molecule has 4 nitrogen and oxygen atoms in total. The van der Waals surface area contributed by atoms with E-state index in [0.29, 0.717) is 10.9 Å². The Hall–Kier alpha value is -2.25. The molecule has 3 aromatic rings. The summed E-state index contributed by atoms with van der Waals surface area (Å²) >= 11 is 4.92. The number of benzene rings is 2. The predicted octanol–water partition coefficient (Wildman–Crippen LogP) is 6.47. The van der Waals surface area contributed by atoms with Gasteiger partial charge in [0.25, 0.3) is 5.91 Å². The van der Waals surface area contributed by atoms with E-state index in [1.54, 1.807) is 12.1 Å². The Kier molecular flexibility index (Phi) is 6.70. The smallest absolute Gasteiger partial charge is 0.264 e. The zero-order valence-corrected chi connectivity index (χ0v) is 19.1. The third-order valence-corrected chi connectivity index (χ3v) is 6.17. The van der Waals surface area contributed by atoms with Crippen LogP contribution in [0.5, 0.6) is 5.75 Å². The Bertz CT molecular complexity index is 1030. The highest BCUT2D eigenvalue weighted by molar-refractivity contribution is 9.10. The number of amides is 1. The normalized spacial score (nSPS) is 11.0. The second kappa shape index (κ2) is 9.05. The minimum absolute atomic E-state index is 0.106. The third-order valence-electron chi connectivity index (χ3n) is 4.43. The monoisotopic (exact) mass is 476 g/mol. The summed E-state index contributed by atoms with van der Waals surface area (Å²) in [5.41, 5.74) is 3.63. The number of carbonyl (C=O) groups excluding carboxylic acids is 1. The van der Waals surface area contributed by atoms with Gasteiger partial charge in [-0.25, -0.2) is 9.37 Å². The van der Waals surface area contributed by atoms with Crippen molar-refractivity contribution in [3.8, 4) is 17.0 Å². The lowest BCUT2D eigenvalue weighted by Crippen LogP contribution is -2.20. The molecule has 0 saturated carbocycles. The van der Waals surface area contributed by atoms with Crippen LogP contribution in [0.4, 0.5) is 9.52 Å². The van der Waals surface area contributed by atoms with Gasteiger partial charge in [-0.05, 0) is 67.3 Å². The van der Waals surface area contributed by atoms with Crippen LogP contribution in [0, 0.1) is 19.7 Å². The van der Waals surface area contributed by atoms with E-state index >= 15 is 0 Å². The van der Waals surface area contributed by atoms with Crippen molar-refractivity contribution in [2.24, 2.45) is 0 Å². The van der Waals surface area contributed by atoms with Crippen LogP contribution < -0.4 is 10.1 Å². The van der Waals surface area contributed by atoms with Crippen LogP contribution in [0.2, 0.25) is 0 Å². The number of carbonyl (C=O) groups is 1. The Labute approximate surface area is 182 Å². The van der Waals surface area contributed by atoms with Crippen molar-refractivity contribution in [3.63, 3.8) is 0 Å². The lowest BCUT2D eigenvalue weighted by Gasteiger charge is -2.15. The van der Waals surface area contributed by atoms with Gasteiger partial charge in [0.1, 0.15) is 11.6 Å². The van der Waals surface area contributed by atoms with Crippen molar-refractivity contribution < 1.29 is 13.9 Å². The van der Waals surface area contributed by atoms with Crippen molar-refractivity contribution >= 4 is 38.3 Å². The van der Waals surface area contributed by atoms with Crippen molar-refractivity contribution in [2.45, 2.75) is 33.6 Å². The molecule has 0 aliphatic carbocycles. The zero-order chi connectivity index (χ0) is 21.1. The van der Waals surface area contributed by atoms with Gasteiger partial charge in [-0.2, -0.15) is 0 Å². The molecule has 0 fully saturated rings. The van der Waals surface area contributed by atoms with Crippen LogP contribution in [0.25, 0.3) is 11.3 Å². The Morgan fingerprint density at radius 2 is 1.93 bits per heavy atom. The maximum absolute atomic E-state index is 13.1. The van der Waals surface area contributed by atoms with Crippen LogP contribution >= 0.6 is 27.3 Å². The van der Waals surface area contributed by atoms with E-state index in [0.717, 1.165) is 31.7 Å². The standard InChI is InChI=1S/C22H22BrFN2O2S/c1-12(2)17-10-18(23)13(3)9-19(17)28-11-20(27)25-22-26-21(14(4)29-22)15-5-7-16(24)8-6-15/h5-10,12H,11H2,1-4H3,(H,25,26,27). The molecular weight excluding hydrogens is 455 g/mol. The first-order valence-electron chi connectivity index (χ1n) is 9.20. The highest BCUT2D eigenvalue weighted by Gasteiger charge is 2.15. The first-order valence-corrected chi connectivity index (χ1v) is 10.8. The van der Waals surface area contributed by atoms with Crippen molar-refractivity contribution in [3.05, 3.63) is 62.7 Å². The number of hydrogen-bond donors (Lipinski definition) is 1. The lowest BCUT2D eigenvalue weighted by molar-refractivity contribution is -0.118. The summed E-state index contributed by atoms with van der Waals surface area (Å²) in [7, 11) is 0.